The normalized spacial score (nSPS) is 38.5. The molecule has 6 heterocycles. The zero-order valence-corrected chi connectivity index (χ0v) is 16.0. The molecule has 0 aromatic heterocycles. The summed E-state index contributed by atoms with van der Waals surface area (Å²) in [5, 5.41) is 0. The second-order valence-corrected chi connectivity index (χ2v) is 8.72. The van der Waals surface area contributed by atoms with E-state index in [1.807, 2.05) is 30.3 Å². The van der Waals surface area contributed by atoms with Crippen LogP contribution in [-0.4, -0.2) is 67.2 Å². The van der Waals surface area contributed by atoms with Crippen molar-refractivity contribution in [2.45, 2.75) is 44.0 Å². The molecule has 6 aliphatic rings. The predicted octanol–water partition coefficient (Wildman–Crippen LogP) is 2.48. The summed E-state index contributed by atoms with van der Waals surface area (Å²) in [7, 11) is 0. The summed E-state index contributed by atoms with van der Waals surface area (Å²) >= 11 is 0. The molecule has 5 heteroatoms. The number of nitrogens with zero attached hydrogens (tertiary/aromatic N) is 2. The van der Waals surface area contributed by atoms with E-state index in [4.69, 9.17) is 9.47 Å². The number of ether oxygens (including phenoxy) is 2. The third-order valence-electron chi connectivity index (χ3n) is 7.09. The van der Waals surface area contributed by atoms with Gasteiger partial charge >= 0.3 is 5.97 Å². The molecule has 146 valence electrons. The molecular weight excluding hydrogens is 340 g/mol. The predicted molar refractivity (Wildman–Crippen MR) is 102 cm³/mol. The van der Waals surface area contributed by atoms with Crippen LogP contribution >= 0.6 is 0 Å². The fourth-order valence-corrected chi connectivity index (χ4v) is 5.39. The average Bonchev–Trinajstić information content (AvgIpc) is 2.74. The Bertz CT molecular complexity index is 651. The van der Waals surface area contributed by atoms with Gasteiger partial charge in [-0.2, -0.15) is 0 Å². The molecule has 6 aliphatic heterocycles. The highest BCUT2D eigenvalue weighted by Crippen LogP contribution is 2.35. The molecule has 5 nitrogen and oxygen atoms in total. The van der Waals surface area contributed by atoms with Crippen LogP contribution in [0.3, 0.4) is 0 Å². The molecule has 0 aliphatic carbocycles. The van der Waals surface area contributed by atoms with Crippen molar-refractivity contribution in [1.82, 2.24) is 9.80 Å². The molecule has 0 radical (unpaired) electrons. The maximum atomic E-state index is 13.2. The molecule has 7 rings (SSSR count). The third kappa shape index (κ3) is 3.65. The zero-order chi connectivity index (χ0) is 18.2. The highest BCUT2D eigenvalue weighted by Gasteiger charge is 2.41. The number of fused-ring (bicyclic) bond motifs is 6. The highest BCUT2D eigenvalue weighted by molar-refractivity contribution is 5.76. The first-order valence-electron chi connectivity index (χ1n) is 10.6. The van der Waals surface area contributed by atoms with Crippen molar-refractivity contribution in [1.29, 1.82) is 0 Å². The Morgan fingerprint density at radius 2 is 1.41 bits per heavy atom. The Morgan fingerprint density at radius 1 is 0.852 bits per heavy atom. The van der Waals surface area contributed by atoms with Gasteiger partial charge in [0, 0.05) is 13.1 Å². The number of esters is 1. The third-order valence-corrected chi connectivity index (χ3v) is 7.09. The van der Waals surface area contributed by atoms with Crippen LogP contribution < -0.4 is 0 Å². The van der Waals surface area contributed by atoms with Gasteiger partial charge in [-0.05, 0) is 69.3 Å². The molecule has 0 unspecified atom stereocenters. The quantitative estimate of drug-likeness (QED) is 0.745. The smallest absolute Gasteiger partial charge is 0.340 e. The molecule has 27 heavy (non-hydrogen) atoms. The number of hydrogen-bond acceptors (Lipinski definition) is 5. The van der Waals surface area contributed by atoms with E-state index in [1.165, 1.54) is 25.9 Å². The molecular formula is C22H30N2O3. The lowest BCUT2D eigenvalue weighted by atomic mass is 9.85. The van der Waals surface area contributed by atoms with Crippen molar-refractivity contribution in [3.05, 3.63) is 35.9 Å². The fraction of sp³-hybridized carbons (Fsp3) is 0.682. The molecule has 0 spiro atoms. The van der Waals surface area contributed by atoms with E-state index in [0.29, 0.717) is 11.8 Å². The maximum Gasteiger partial charge on any atom is 0.340 e. The fourth-order valence-electron chi connectivity index (χ4n) is 5.39. The Balaban J connectivity index is 1.31. The summed E-state index contributed by atoms with van der Waals surface area (Å²) in [6, 6.07) is 9.91. The minimum atomic E-state index is -0.604. The largest absolute Gasteiger partial charge is 0.459 e. The van der Waals surface area contributed by atoms with Crippen molar-refractivity contribution in [3.63, 3.8) is 0 Å². The van der Waals surface area contributed by atoms with E-state index < -0.39 is 6.10 Å². The van der Waals surface area contributed by atoms with Crippen LogP contribution in [-0.2, 0) is 14.3 Å². The summed E-state index contributed by atoms with van der Waals surface area (Å²) < 4.78 is 12.5. The van der Waals surface area contributed by atoms with Gasteiger partial charge in [0.1, 0.15) is 6.10 Å². The molecule has 6 saturated heterocycles. The van der Waals surface area contributed by atoms with Crippen molar-refractivity contribution in [2.24, 2.45) is 11.8 Å². The van der Waals surface area contributed by atoms with Crippen molar-refractivity contribution >= 4 is 5.97 Å². The number of benzene rings is 1. The lowest BCUT2D eigenvalue weighted by Gasteiger charge is -2.46. The van der Waals surface area contributed by atoms with Gasteiger partial charge in [-0.25, -0.2) is 4.79 Å². The number of carbonyl (C=O) groups excluding carboxylic acids is 1. The molecule has 0 amide bonds. The van der Waals surface area contributed by atoms with E-state index in [0.717, 1.165) is 44.6 Å². The Labute approximate surface area is 161 Å². The van der Waals surface area contributed by atoms with Crippen LogP contribution in [0.4, 0.5) is 0 Å². The molecule has 0 N–H and O–H groups in total. The van der Waals surface area contributed by atoms with Gasteiger partial charge in [0.15, 0.2) is 6.10 Å². The lowest BCUT2D eigenvalue weighted by Crippen LogP contribution is -2.53. The van der Waals surface area contributed by atoms with Crippen LogP contribution in [0.1, 0.15) is 37.4 Å². The maximum absolute atomic E-state index is 13.2. The van der Waals surface area contributed by atoms with Crippen LogP contribution in [0.25, 0.3) is 0 Å². The van der Waals surface area contributed by atoms with Gasteiger partial charge in [-0.3, -0.25) is 4.90 Å². The van der Waals surface area contributed by atoms with E-state index in [1.54, 1.807) is 0 Å². The number of carbonyl (C=O) groups is 1. The van der Waals surface area contributed by atoms with Gasteiger partial charge in [0.05, 0.1) is 6.10 Å². The van der Waals surface area contributed by atoms with Gasteiger partial charge in [-0.1, -0.05) is 30.3 Å². The minimum Gasteiger partial charge on any atom is -0.459 e. The summed E-state index contributed by atoms with van der Waals surface area (Å²) in [6.45, 7) is 6.47. The summed E-state index contributed by atoms with van der Waals surface area (Å²) in [6.07, 6.45) is 4.22. The minimum absolute atomic E-state index is 0.0290. The second-order valence-electron chi connectivity index (χ2n) is 8.72. The Morgan fingerprint density at radius 3 is 1.93 bits per heavy atom. The second kappa shape index (κ2) is 7.53. The molecule has 3 atom stereocenters. The molecule has 0 saturated carbocycles. The van der Waals surface area contributed by atoms with E-state index >= 15 is 0 Å². The monoisotopic (exact) mass is 370 g/mol. The van der Waals surface area contributed by atoms with Crippen LogP contribution in [0.5, 0.6) is 0 Å². The first-order valence-corrected chi connectivity index (χ1v) is 10.6. The number of piperidine rings is 6. The average molecular weight is 370 g/mol. The van der Waals surface area contributed by atoms with E-state index in [-0.39, 0.29) is 18.2 Å². The molecule has 6 fully saturated rings. The van der Waals surface area contributed by atoms with Crippen molar-refractivity contribution in [3.8, 4) is 0 Å². The van der Waals surface area contributed by atoms with Crippen molar-refractivity contribution in [2.75, 3.05) is 39.3 Å². The Kier molecular flexibility index (Phi) is 4.92. The Hall–Kier alpha value is -1.43. The standard InChI is InChI=1S/C22H30N2O3/c25-22(27-20-15-24-12-8-17(20)9-13-24)21(18-4-2-1-3-5-18)26-19-14-23-10-6-16(19)7-11-23/h1-5,16-17,19-21H,6-15H2/t19-,20-,21+/m0/s1. The summed E-state index contributed by atoms with van der Waals surface area (Å²) in [5.41, 5.74) is 0.917. The number of rotatable bonds is 5. The van der Waals surface area contributed by atoms with Gasteiger partial charge < -0.3 is 14.4 Å². The van der Waals surface area contributed by atoms with Crippen LogP contribution in [0.15, 0.2) is 30.3 Å². The van der Waals surface area contributed by atoms with E-state index in [2.05, 4.69) is 9.80 Å². The molecule has 1 aromatic carbocycles. The van der Waals surface area contributed by atoms with Gasteiger partial charge in [0.25, 0.3) is 0 Å². The lowest BCUT2D eigenvalue weighted by molar-refractivity contribution is -0.183. The van der Waals surface area contributed by atoms with E-state index in [9.17, 15) is 4.79 Å². The molecule has 1 aromatic rings. The molecule has 4 bridgehead atoms. The zero-order valence-electron chi connectivity index (χ0n) is 16.0. The first kappa shape index (κ1) is 17.7. The van der Waals surface area contributed by atoms with Crippen LogP contribution in [0, 0.1) is 11.8 Å². The summed E-state index contributed by atoms with van der Waals surface area (Å²) in [5.74, 6) is 0.898. The van der Waals surface area contributed by atoms with Gasteiger partial charge in [0.2, 0.25) is 0 Å². The SMILES string of the molecule is O=C(O[C@H]1CN2CCC1CC2)[C@H](O[C@H]1CN2CCC1CC2)c1ccccc1. The summed E-state index contributed by atoms with van der Waals surface area (Å²) in [4.78, 5) is 18.1. The number of hydrogen-bond donors (Lipinski definition) is 0. The topological polar surface area (TPSA) is 42.0 Å². The highest BCUT2D eigenvalue weighted by atomic mass is 16.6. The van der Waals surface area contributed by atoms with Crippen LogP contribution in [0.2, 0.25) is 0 Å². The van der Waals surface area contributed by atoms with Crippen molar-refractivity contribution < 1.29 is 14.3 Å². The first-order chi connectivity index (χ1) is 13.3. The van der Waals surface area contributed by atoms with Gasteiger partial charge in [-0.15, -0.1) is 0 Å².